The van der Waals surface area contributed by atoms with Crippen molar-refractivity contribution in [2.24, 2.45) is 16.8 Å². The van der Waals surface area contributed by atoms with Crippen LogP contribution in [0.15, 0.2) is 4.99 Å². The summed E-state index contributed by atoms with van der Waals surface area (Å²) in [5.74, 6) is 0.976. The second kappa shape index (κ2) is 8.80. The van der Waals surface area contributed by atoms with Crippen molar-refractivity contribution in [1.82, 2.24) is 16.0 Å². The van der Waals surface area contributed by atoms with Gasteiger partial charge in [0.15, 0.2) is 0 Å². The van der Waals surface area contributed by atoms with E-state index in [-0.39, 0.29) is 6.03 Å². The zero-order valence-corrected chi connectivity index (χ0v) is 12.6. The van der Waals surface area contributed by atoms with Crippen LogP contribution >= 0.6 is 0 Å². The van der Waals surface area contributed by atoms with E-state index in [1.54, 1.807) is 6.08 Å². The molecule has 2 amide bonds. The second-order valence-electron chi connectivity index (χ2n) is 6.21. The number of rotatable bonds is 5. The Hall–Kier alpha value is -1.39. The number of isocyanates is 1. The summed E-state index contributed by atoms with van der Waals surface area (Å²) >= 11 is 0. The Bertz CT molecular complexity index is 376. The highest BCUT2D eigenvalue weighted by Crippen LogP contribution is 2.28. The first kappa shape index (κ1) is 16.0. The molecule has 0 radical (unpaired) electrons. The average molecular weight is 294 g/mol. The van der Waals surface area contributed by atoms with Crippen molar-refractivity contribution in [3.05, 3.63) is 0 Å². The van der Waals surface area contributed by atoms with Gasteiger partial charge in [0, 0.05) is 12.6 Å². The third kappa shape index (κ3) is 5.86. The first-order valence-corrected chi connectivity index (χ1v) is 8.06. The molecule has 0 aromatic heterocycles. The van der Waals surface area contributed by atoms with Crippen molar-refractivity contribution in [2.45, 2.75) is 44.6 Å². The number of urea groups is 1. The summed E-state index contributed by atoms with van der Waals surface area (Å²) < 4.78 is 0. The molecule has 21 heavy (non-hydrogen) atoms. The molecule has 1 saturated heterocycles. The molecular formula is C15H26N4O2. The molecule has 6 nitrogen and oxygen atoms in total. The van der Waals surface area contributed by atoms with Crippen LogP contribution in [0.5, 0.6) is 0 Å². The maximum absolute atomic E-state index is 11.9. The van der Waals surface area contributed by atoms with Crippen LogP contribution in [0.25, 0.3) is 0 Å². The lowest BCUT2D eigenvalue weighted by Gasteiger charge is -2.29. The predicted octanol–water partition coefficient (Wildman–Crippen LogP) is 1.18. The number of nitrogens with one attached hydrogen (secondary N) is 3. The molecule has 0 aromatic carbocycles. The zero-order valence-electron chi connectivity index (χ0n) is 12.6. The lowest BCUT2D eigenvalue weighted by atomic mass is 9.81. The minimum atomic E-state index is -0.0464. The number of hydrogen-bond donors (Lipinski definition) is 3. The highest BCUT2D eigenvalue weighted by atomic mass is 16.2. The molecule has 0 spiro atoms. The Morgan fingerprint density at radius 3 is 2.71 bits per heavy atom. The fourth-order valence-electron chi connectivity index (χ4n) is 3.36. The maximum atomic E-state index is 11.9. The van der Waals surface area contributed by atoms with Gasteiger partial charge in [0.25, 0.3) is 0 Å². The molecule has 118 valence electrons. The number of piperidine rings is 1. The van der Waals surface area contributed by atoms with Crippen LogP contribution in [0, 0.1) is 11.8 Å². The van der Waals surface area contributed by atoms with Gasteiger partial charge in [-0.3, -0.25) is 0 Å². The van der Waals surface area contributed by atoms with Gasteiger partial charge in [-0.2, -0.15) is 0 Å². The van der Waals surface area contributed by atoms with Crippen LogP contribution in [0.3, 0.4) is 0 Å². The lowest BCUT2D eigenvalue weighted by Crippen LogP contribution is -2.47. The number of amides is 2. The fraction of sp³-hybridized carbons (Fsp3) is 0.867. The molecule has 0 bridgehead atoms. The van der Waals surface area contributed by atoms with Crippen molar-refractivity contribution in [3.8, 4) is 0 Å². The van der Waals surface area contributed by atoms with Crippen LogP contribution in [-0.2, 0) is 4.79 Å². The molecule has 0 aromatic rings. The Morgan fingerprint density at radius 1 is 1.19 bits per heavy atom. The highest BCUT2D eigenvalue weighted by molar-refractivity contribution is 5.74. The van der Waals surface area contributed by atoms with Gasteiger partial charge in [-0.05, 0) is 57.0 Å². The zero-order chi connectivity index (χ0) is 14.9. The SMILES string of the molecule is O=C=NCC1CCCC(CNC(=O)NC2CCNCC2)C1. The molecule has 2 aliphatic rings. The summed E-state index contributed by atoms with van der Waals surface area (Å²) in [4.78, 5) is 25.8. The van der Waals surface area contributed by atoms with E-state index in [1.165, 1.54) is 0 Å². The second-order valence-corrected chi connectivity index (χ2v) is 6.21. The molecule has 2 atom stereocenters. The van der Waals surface area contributed by atoms with Crippen molar-refractivity contribution >= 4 is 12.1 Å². The summed E-state index contributed by atoms with van der Waals surface area (Å²) in [5.41, 5.74) is 0. The van der Waals surface area contributed by atoms with Crippen LogP contribution in [0.1, 0.15) is 38.5 Å². The van der Waals surface area contributed by atoms with E-state index in [4.69, 9.17) is 0 Å². The van der Waals surface area contributed by atoms with Crippen molar-refractivity contribution in [2.75, 3.05) is 26.2 Å². The topological polar surface area (TPSA) is 82.6 Å². The highest BCUT2D eigenvalue weighted by Gasteiger charge is 2.22. The van der Waals surface area contributed by atoms with Crippen LogP contribution in [-0.4, -0.2) is 44.3 Å². The monoisotopic (exact) mass is 294 g/mol. The maximum Gasteiger partial charge on any atom is 0.315 e. The van der Waals surface area contributed by atoms with Gasteiger partial charge in [0.1, 0.15) is 0 Å². The van der Waals surface area contributed by atoms with Gasteiger partial charge in [-0.1, -0.05) is 6.42 Å². The summed E-state index contributed by atoms with van der Waals surface area (Å²) in [6, 6.07) is 0.252. The average Bonchev–Trinajstić information content (AvgIpc) is 2.52. The van der Waals surface area contributed by atoms with E-state index >= 15 is 0 Å². The van der Waals surface area contributed by atoms with Gasteiger partial charge >= 0.3 is 6.03 Å². The van der Waals surface area contributed by atoms with Crippen LogP contribution in [0.2, 0.25) is 0 Å². The lowest BCUT2D eigenvalue weighted by molar-refractivity contribution is 0.223. The largest absolute Gasteiger partial charge is 0.338 e. The molecule has 1 aliphatic heterocycles. The van der Waals surface area contributed by atoms with Crippen molar-refractivity contribution in [1.29, 1.82) is 0 Å². The molecule has 3 N–H and O–H groups in total. The molecule has 1 saturated carbocycles. The van der Waals surface area contributed by atoms with Crippen LogP contribution in [0.4, 0.5) is 4.79 Å². The minimum absolute atomic E-state index is 0.0464. The number of aliphatic imine (C=N–C) groups is 1. The van der Waals surface area contributed by atoms with Gasteiger partial charge < -0.3 is 16.0 Å². The molecular weight excluding hydrogens is 268 g/mol. The van der Waals surface area contributed by atoms with Gasteiger partial charge in [0.2, 0.25) is 6.08 Å². The molecule has 2 fully saturated rings. The van der Waals surface area contributed by atoms with Gasteiger partial charge in [-0.25, -0.2) is 14.6 Å². The number of nitrogens with zero attached hydrogens (tertiary/aromatic N) is 1. The Kier molecular flexibility index (Phi) is 6.70. The Labute approximate surface area is 126 Å². The Balaban J connectivity index is 1.64. The fourth-order valence-corrected chi connectivity index (χ4v) is 3.36. The summed E-state index contributed by atoms with van der Waals surface area (Å²) in [5, 5.41) is 9.33. The van der Waals surface area contributed by atoms with Crippen molar-refractivity contribution in [3.63, 3.8) is 0 Å². The Morgan fingerprint density at radius 2 is 1.95 bits per heavy atom. The number of hydrogen-bond acceptors (Lipinski definition) is 4. The standard InChI is InChI=1S/C15H26N4O2/c20-11-17-9-12-2-1-3-13(8-12)10-18-15(21)19-14-4-6-16-7-5-14/h12-14,16H,1-10H2,(H2,18,19,21). The molecule has 6 heteroatoms. The van der Waals surface area contributed by atoms with E-state index in [0.29, 0.717) is 24.4 Å². The first-order valence-electron chi connectivity index (χ1n) is 8.06. The quantitative estimate of drug-likeness (QED) is 0.526. The number of carbonyl (C=O) groups excluding carboxylic acids is 2. The summed E-state index contributed by atoms with van der Waals surface area (Å²) in [6.07, 6.45) is 8.09. The van der Waals surface area contributed by atoms with E-state index in [0.717, 1.165) is 58.2 Å². The predicted molar refractivity (Wildman–Crippen MR) is 80.9 cm³/mol. The van der Waals surface area contributed by atoms with E-state index < -0.39 is 0 Å². The molecule has 2 rings (SSSR count). The third-order valence-electron chi connectivity index (χ3n) is 4.53. The summed E-state index contributed by atoms with van der Waals surface area (Å²) in [7, 11) is 0. The molecule has 1 heterocycles. The van der Waals surface area contributed by atoms with E-state index in [2.05, 4.69) is 20.9 Å². The van der Waals surface area contributed by atoms with Crippen LogP contribution < -0.4 is 16.0 Å². The van der Waals surface area contributed by atoms with E-state index in [9.17, 15) is 9.59 Å². The normalized spacial score (nSPS) is 26.7. The van der Waals surface area contributed by atoms with Crippen molar-refractivity contribution < 1.29 is 9.59 Å². The molecule has 1 aliphatic carbocycles. The van der Waals surface area contributed by atoms with Gasteiger partial charge in [-0.15, -0.1) is 0 Å². The minimum Gasteiger partial charge on any atom is -0.338 e. The first-order chi connectivity index (χ1) is 10.3. The summed E-state index contributed by atoms with van der Waals surface area (Å²) in [6.45, 7) is 3.26. The van der Waals surface area contributed by atoms with E-state index in [1.807, 2.05) is 0 Å². The van der Waals surface area contributed by atoms with Gasteiger partial charge in [0.05, 0.1) is 6.54 Å². The third-order valence-corrected chi connectivity index (χ3v) is 4.53. The number of carbonyl (C=O) groups is 1. The smallest absolute Gasteiger partial charge is 0.315 e. The molecule has 2 unspecified atom stereocenters.